The normalized spacial score (nSPS) is 11.2. The molecule has 4 heteroatoms. The summed E-state index contributed by atoms with van der Waals surface area (Å²) in [5.41, 5.74) is 1.28. The van der Waals surface area contributed by atoms with Gasteiger partial charge in [-0.25, -0.2) is 4.79 Å². The quantitative estimate of drug-likeness (QED) is 0.709. The van der Waals surface area contributed by atoms with E-state index in [1.165, 1.54) is 15.6 Å². The lowest BCUT2D eigenvalue weighted by molar-refractivity contribution is 0.670. The fraction of sp³-hybridized carbons (Fsp3) is 0.214. The van der Waals surface area contributed by atoms with Crippen molar-refractivity contribution in [2.24, 2.45) is 0 Å². The Hall–Kier alpha value is -1.81. The van der Waals surface area contributed by atoms with E-state index in [0.717, 1.165) is 6.54 Å². The van der Waals surface area contributed by atoms with E-state index in [4.69, 9.17) is 0 Å². The van der Waals surface area contributed by atoms with E-state index in [1.54, 1.807) is 20.5 Å². The molecule has 0 aliphatic carbocycles. The molecule has 92 valence electrons. The van der Waals surface area contributed by atoms with Crippen LogP contribution in [0.15, 0.2) is 46.8 Å². The molecule has 0 atom stereocenters. The summed E-state index contributed by atoms with van der Waals surface area (Å²) in [6, 6.07) is 8.31. The Labute approximate surface area is 109 Å². The first-order valence-electron chi connectivity index (χ1n) is 6.00. The highest BCUT2D eigenvalue weighted by Gasteiger charge is 2.06. The van der Waals surface area contributed by atoms with Crippen molar-refractivity contribution in [3.05, 3.63) is 58.1 Å². The second-order valence-corrected chi connectivity index (χ2v) is 5.16. The van der Waals surface area contributed by atoms with Gasteiger partial charge in [-0.2, -0.15) is 0 Å². The lowest BCUT2D eigenvalue weighted by atomic mass is 10.2. The molecule has 2 aromatic heterocycles. The first-order valence-corrected chi connectivity index (χ1v) is 6.88. The van der Waals surface area contributed by atoms with Crippen LogP contribution in [-0.4, -0.2) is 9.13 Å². The molecule has 0 bridgehead atoms. The van der Waals surface area contributed by atoms with Crippen LogP contribution in [0, 0.1) is 0 Å². The zero-order valence-corrected chi connectivity index (χ0v) is 11.0. The van der Waals surface area contributed by atoms with Crippen molar-refractivity contribution in [2.75, 3.05) is 0 Å². The van der Waals surface area contributed by atoms with Crippen molar-refractivity contribution in [2.45, 2.75) is 20.0 Å². The third-order valence-electron chi connectivity index (χ3n) is 3.16. The highest BCUT2D eigenvalue weighted by Crippen LogP contribution is 2.25. The van der Waals surface area contributed by atoms with Gasteiger partial charge in [0.1, 0.15) is 0 Å². The Morgan fingerprint density at radius 1 is 1.17 bits per heavy atom. The minimum Gasteiger partial charge on any atom is -0.300 e. The number of imidazole rings is 1. The number of thiophene rings is 1. The van der Waals surface area contributed by atoms with Gasteiger partial charge in [0.2, 0.25) is 0 Å². The van der Waals surface area contributed by atoms with E-state index in [9.17, 15) is 4.79 Å². The van der Waals surface area contributed by atoms with Gasteiger partial charge >= 0.3 is 5.69 Å². The van der Waals surface area contributed by atoms with Gasteiger partial charge in [-0.05, 0) is 29.3 Å². The van der Waals surface area contributed by atoms with Crippen molar-refractivity contribution < 1.29 is 0 Å². The number of aromatic nitrogens is 2. The first kappa shape index (κ1) is 11.3. The third kappa shape index (κ3) is 1.78. The lowest BCUT2D eigenvalue weighted by Gasteiger charge is -2.00. The summed E-state index contributed by atoms with van der Waals surface area (Å²) >= 11 is 1.73. The molecule has 0 fully saturated rings. The minimum atomic E-state index is 0.0628. The minimum absolute atomic E-state index is 0.0628. The van der Waals surface area contributed by atoms with Crippen LogP contribution in [0.4, 0.5) is 0 Å². The molecule has 0 amide bonds. The monoisotopic (exact) mass is 258 g/mol. The lowest BCUT2D eigenvalue weighted by Crippen LogP contribution is -2.23. The average Bonchev–Trinajstić information content (AvgIpc) is 2.96. The number of hydrogen-bond donors (Lipinski definition) is 0. The van der Waals surface area contributed by atoms with E-state index < -0.39 is 0 Å². The van der Waals surface area contributed by atoms with E-state index in [-0.39, 0.29) is 5.69 Å². The predicted octanol–water partition coefficient (Wildman–Crippen LogP) is 2.93. The second kappa shape index (κ2) is 4.46. The van der Waals surface area contributed by atoms with Gasteiger partial charge in [-0.1, -0.05) is 18.2 Å². The summed E-state index contributed by atoms with van der Waals surface area (Å²) in [7, 11) is 0. The largest absolute Gasteiger partial charge is 0.328 e. The van der Waals surface area contributed by atoms with Crippen molar-refractivity contribution >= 4 is 21.4 Å². The Morgan fingerprint density at radius 3 is 2.72 bits per heavy atom. The maximum atomic E-state index is 12.0. The van der Waals surface area contributed by atoms with Crippen LogP contribution in [0.3, 0.4) is 0 Å². The van der Waals surface area contributed by atoms with Crippen LogP contribution in [0.2, 0.25) is 0 Å². The van der Waals surface area contributed by atoms with E-state index in [0.29, 0.717) is 6.54 Å². The van der Waals surface area contributed by atoms with Gasteiger partial charge in [0.15, 0.2) is 0 Å². The molecular formula is C14H14N2OS. The molecule has 0 aliphatic rings. The second-order valence-electron chi connectivity index (χ2n) is 4.25. The molecular weight excluding hydrogens is 244 g/mol. The average molecular weight is 258 g/mol. The SMILES string of the molecule is CCn1ccn(Cc2csc3ccccc23)c1=O. The molecule has 2 heterocycles. The molecule has 0 radical (unpaired) electrons. The van der Waals surface area contributed by atoms with Gasteiger partial charge in [-0.15, -0.1) is 11.3 Å². The Bertz CT molecular complexity index is 735. The molecule has 0 N–H and O–H groups in total. The van der Waals surface area contributed by atoms with Crippen LogP contribution in [0.5, 0.6) is 0 Å². The number of benzene rings is 1. The summed E-state index contributed by atoms with van der Waals surface area (Å²) < 4.78 is 4.75. The highest BCUT2D eigenvalue weighted by atomic mass is 32.1. The molecule has 0 saturated carbocycles. The molecule has 18 heavy (non-hydrogen) atoms. The van der Waals surface area contributed by atoms with Crippen molar-refractivity contribution in [3.8, 4) is 0 Å². The van der Waals surface area contributed by atoms with Gasteiger partial charge in [0, 0.05) is 23.6 Å². The van der Waals surface area contributed by atoms with Crippen LogP contribution in [-0.2, 0) is 13.1 Å². The molecule has 0 saturated heterocycles. The van der Waals surface area contributed by atoms with Gasteiger partial charge in [-0.3, -0.25) is 9.13 Å². The molecule has 3 nitrogen and oxygen atoms in total. The third-order valence-corrected chi connectivity index (χ3v) is 4.17. The Balaban J connectivity index is 2.01. The number of rotatable bonds is 3. The van der Waals surface area contributed by atoms with E-state index >= 15 is 0 Å². The maximum Gasteiger partial charge on any atom is 0.328 e. The molecule has 1 aromatic carbocycles. The molecule has 0 unspecified atom stereocenters. The highest BCUT2D eigenvalue weighted by molar-refractivity contribution is 7.17. The summed E-state index contributed by atoms with van der Waals surface area (Å²) in [5, 5.41) is 3.39. The van der Waals surface area contributed by atoms with Crippen LogP contribution in [0.25, 0.3) is 10.1 Å². The number of hydrogen-bond acceptors (Lipinski definition) is 2. The summed E-state index contributed by atoms with van der Waals surface area (Å²) in [6.07, 6.45) is 3.70. The standard InChI is InChI=1S/C14H14N2OS/c1-2-15-7-8-16(14(15)17)9-11-10-18-13-6-4-3-5-12(11)13/h3-8,10H,2,9H2,1H3. The predicted molar refractivity (Wildman–Crippen MR) is 75.3 cm³/mol. The smallest absolute Gasteiger partial charge is 0.300 e. The van der Waals surface area contributed by atoms with Crippen LogP contribution in [0.1, 0.15) is 12.5 Å². The van der Waals surface area contributed by atoms with Crippen LogP contribution < -0.4 is 5.69 Å². The van der Waals surface area contributed by atoms with Crippen molar-refractivity contribution in [1.29, 1.82) is 0 Å². The summed E-state index contributed by atoms with van der Waals surface area (Å²) in [6.45, 7) is 3.35. The molecule has 0 aliphatic heterocycles. The summed E-state index contributed by atoms with van der Waals surface area (Å²) in [5.74, 6) is 0. The van der Waals surface area contributed by atoms with Gasteiger partial charge in [0.25, 0.3) is 0 Å². The van der Waals surface area contributed by atoms with E-state index in [1.807, 2.05) is 31.5 Å². The van der Waals surface area contributed by atoms with Gasteiger partial charge in [0.05, 0.1) is 6.54 Å². The molecule has 3 rings (SSSR count). The van der Waals surface area contributed by atoms with Crippen LogP contribution >= 0.6 is 11.3 Å². The number of fused-ring (bicyclic) bond motifs is 1. The Kier molecular flexibility index (Phi) is 2.80. The maximum absolute atomic E-state index is 12.0. The first-order chi connectivity index (χ1) is 8.79. The van der Waals surface area contributed by atoms with E-state index in [2.05, 4.69) is 17.5 Å². The zero-order valence-electron chi connectivity index (χ0n) is 10.2. The fourth-order valence-corrected chi connectivity index (χ4v) is 3.11. The van der Waals surface area contributed by atoms with Crippen molar-refractivity contribution in [1.82, 2.24) is 9.13 Å². The van der Waals surface area contributed by atoms with Gasteiger partial charge < -0.3 is 0 Å². The topological polar surface area (TPSA) is 26.9 Å². The summed E-state index contributed by atoms with van der Waals surface area (Å²) in [4.78, 5) is 12.0. The fourth-order valence-electron chi connectivity index (χ4n) is 2.15. The zero-order chi connectivity index (χ0) is 12.5. The van der Waals surface area contributed by atoms with Crippen molar-refractivity contribution in [3.63, 3.8) is 0 Å². The Morgan fingerprint density at radius 2 is 1.94 bits per heavy atom. The number of nitrogens with zero attached hydrogens (tertiary/aromatic N) is 2. The molecule has 3 aromatic rings. The number of aryl methyl sites for hydroxylation is 1. The molecule has 0 spiro atoms.